The second kappa shape index (κ2) is 10.4. The minimum atomic E-state index is -0.297. The number of likely N-dealkylation sites (tertiary alicyclic amines) is 1. The summed E-state index contributed by atoms with van der Waals surface area (Å²) in [7, 11) is 3.19. The van der Waals surface area contributed by atoms with Gasteiger partial charge in [0.05, 0.1) is 20.8 Å². The van der Waals surface area contributed by atoms with E-state index in [-0.39, 0.29) is 17.9 Å². The van der Waals surface area contributed by atoms with Gasteiger partial charge in [0.1, 0.15) is 0 Å². The molecule has 1 aliphatic rings. The first kappa shape index (κ1) is 21.3. The van der Waals surface area contributed by atoms with Crippen molar-refractivity contribution in [2.75, 3.05) is 40.5 Å². The molecule has 1 aromatic rings. The van der Waals surface area contributed by atoms with E-state index in [0.717, 1.165) is 10.0 Å². The summed E-state index contributed by atoms with van der Waals surface area (Å²) in [4.78, 5) is 25.8. The molecule has 1 heterocycles. The Bertz CT molecular complexity index is 660. The number of rotatable bonds is 7. The third kappa shape index (κ3) is 5.76. The highest BCUT2D eigenvalue weighted by molar-refractivity contribution is 9.10. The first-order chi connectivity index (χ1) is 13.0. The number of methoxy groups -OCH3 is 2. The SMILES string of the molecule is CCOC(=O)N1CCC(C(=O)NCCc2cc(OC)c(OC)cc2Br)CC1. The molecule has 1 fully saturated rings. The molecule has 1 aliphatic heterocycles. The molecule has 0 aromatic heterocycles. The molecule has 1 saturated heterocycles. The van der Waals surface area contributed by atoms with Gasteiger partial charge < -0.3 is 24.4 Å². The highest BCUT2D eigenvalue weighted by atomic mass is 79.9. The zero-order valence-electron chi connectivity index (χ0n) is 16.0. The number of carbonyl (C=O) groups excluding carboxylic acids is 2. The fourth-order valence-corrected chi connectivity index (χ4v) is 3.61. The van der Waals surface area contributed by atoms with Crippen LogP contribution < -0.4 is 14.8 Å². The van der Waals surface area contributed by atoms with E-state index in [1.165, 1.54) is 0 Å². The van der Waals surface area contributed by atoms with Crippen molar-refractivity contribution in [2.24, 2.45) is 5.92 Å². The van der Waals surface area contributed by atoms with Crippen LogP contribution in [0.5, 0.6) is 11.5 Å². The van der Waals surface area contributed by atoms with Gasteiger partial charge in [0.15, 0.2) is 11.5 Å². The molecular formula is C19H27BrN2O5. The second-order valence-corrected chi connectivity index (χ2v) is 7.15. The van der Waals surface area contributed by atoms with Crippen LogP contribution >= 0.6 is 15.9 Å². The number of hydrogen-bond donors (Lipinski definition) is 1. The summed E-state index contributed by atoms with van der Waals surface area (Å²) in [6.45, 7) is 3.79. The van der Waals surface area contributed by atoms with E-state index in [4.69, 9.17) is 14.2 Å². The van der Waals surface area contributed by atoms with Crippen molar-refractivity contribution in [3.8, 4) is 11.5 Å². The lowest BCUT2D eigenvalue weighted by Crippen LogP contribution is -2.43. The average Bonchev–Trinajstić information content (AvgIpc) is 2.69. The fourth-order valence-electron chi connectivity index (χ4n) is 3.09. The van der Waals surface area contributed by atoms with Crippen molar-refractivity contribution in [3.63, 3.8) is 0 Å². The number of benzene rings is 1. The number of nitrogens with zero attached hydrogens (tertiary/aromatic N) is 1. The van der Waals surface area contributed by atoms with E-state index in [0.29, 0.717) is 57.0 Å². The molecule has 1 aromatic carbocycles. The summed E-state index contributed by atoms with van der Waals surface area (Å²) in [6, 6.07) is 3.77. The van der Waals surface area contributed by atoms with E-state index in [1.807, 2.05) is 12.1 Å². The summed E-state index contributed by atoms with van der Waals surface area (Å²) in [6.07, 6.45) is 1.69. The van der Waals surface area contributed by atoms with Gasteiger partial charge in [0.2, 0.25) is 5.91 Å². The van der Waals surface area contributed by atoms with Crippen LogP contribution in [0.25, 0.3) is 0 Å². The van der Waals surface area contributed by atoms with Crippen LogP contribution in [0.1, 0.15) is 25.3 Å². The summed E-state index contributed by atoms with van der Waals surface area (Å²) < 4.78 is 16.5. The number of amides is 2. The van der Waals surface area contributed by atoms with Crippen LogP contribution in [-0.4, -0.2) is 57.4 Å². The molecule has 8 heteroatoms. The van der Waals surface area contributed by atoms with E-state index in [9.17, 15) is 9.59 Å². The van der Waals surface area contributed by atoms with E-state index >= 15 is 0 Å². The number of halogens is 1. The molecule has 27 heavy (non-hydrogen) atoms. The first-order valence-electron chi connectivity index (χ1n) is 9.09. The van der Waals surface area contributed by atoms with Gasteiger partial charge >= 0.3 is 6.09 Å². The Kier molecular flexibility index (Phi) is 8.22. The third-order valence-corrected chi connectivity index (χ3v) is 5.38. The lowest BCUT2D eigenvalue weighted by Gasteiger charge is -2.30. The summed E-state index contributed by atoms with van der Waals surface area (Å²) >= 11 is 3.53. The highest BCUT2D eigenvalue weighted by Crippen LogP contribution is 2.33. The van der Waals surface area contributed by atoms with Gasteiger partial charge in [-0.25, -0.2) is 4.79 Å². The van der Waals surface area contributed by atoms with E-state index < -0.39 is 0 Å². The van der Waals surface area contributed by atoms with Gasteiger partial charge in [0.25, 0.3) is 0 Å². The maximum atomic E-state index is 12.4. The molecule has 0 spiro atoms. The number of nitrogens with one attached hydrogen (secondary N) is 1. The Hall–Kier alpha value is -1.96. The van der Waals surface area contributed by atoms with Gasteiger partial charge in [-0.2, -0.15) is 0 Å². The molecule has 1 N–H and O–H groups in total. The molecule has 2 rings (SSSR count). The van der Waals surface area contributed by atoms with Crippen LogP contribution in [0.4, 0.5) is 4.79 Å². The Morgan fingerprint density at radius 2 is 1.81 bits per heavy atom. The zero-order valence-corrected chi connectivity index (χ0v) is 17.6. The minimum absolute atomic E-state index is 0.0371. The molecule has 0 atom stereocenters. The summed E-state index contributed by atoms with van der Waals surface area (Å²) in [5, 5.41) is 3.00. The van der Waals surface area contributed by atoms with Crippen molar-refractivity contribution >= 4 is 27.9 Å². The maximum absolute atomic E-state index is 12.4. The second-order valence-electron chi connectivity index (χ2n) is 6.30. The van der Waals surface area contributed by atoms with Crippen LogP contribution in [0.2, 0.25) is 0 Å². The third-order valence-electron chi connectivity index (χ3n) is 4.64. The highest BCUT2D eigenvalue weighted by Gasteiger charge is 2.27. The Labute approximate surface area is 168 Å². The predicted octanol–water partition coefficient (Wildman–Crippen LogP) is 2.99. The molecule has 2 amide bonds. The van der Waals surface area contributed by atoms with Crippen LogP contribution in [0, 0.1) is 5.92 Å². The lowest BCUT2D eigenvalue weighted by atomic mass is 9.96. The molecule has 0 unspecified atom stereocenters. The van der Waals surface area contributed by atoms with Gasteiger partial charge in [-0.3, -0.25) is 4.79 Å². The van der Waals surface area contributed by atoms with Crippen LogP contribution in [0.15, 0.2) is 16.6 Å². The molecule has 0 saturated carbocycles. The summed E-state index contributed by atoms with van der Waals surface area (Å²) in [5.41, 5.74) is 1.03. The van der Waals surface area contributed by atoms with Crippen LogP contribution in [0.3, 0.4) is 0 Å². The van der Waals surface area contributed by atoms with Crippen molar-refractivity contribution < 1.29 is 23.8 Å². The van der Waals surface area contributed by atoms with Crippen molar-refractivity contribution in [2.45, 2.75) is 26.2 Å². The number of ether oxygens (including phenoxy) is 3. The molecule has 0 aliphatic carbocycles. The normalized spacial score (nSPS) is 14.6. The number of piperidine rings is 1. The Morgan fingerprint density at radius 1 is 1.19 bits per heavy atom. The van der Waals surface area contributed by atoms with Gasteiger partial charge in [0, 0.05) is 30.0 Å². The summed E-state index contributed by atoms with van der Waals surface area (Å²) in [5.74, 6) is 1.29. The van der Waals surface area contributed by atoms with Gasteiger partial charge in [-0.1, -0.05) is 15.9 Å². The smallest absolute Gasteiger partial charge is 0.409 e. The lowest BCUT2D eigenvalue weighted by molar-refractivity contribution is -0.126. The Balaban J connectivity index is 1.81. The number of carbonyl (C=O) groups is 2. The minimum Gasteiger partial charge on any atom is -0.493 e. The molecule has 0 radical (unpaired) electrons. The zero-order chi connectivity index (χ0) is 19.8. The van der Waals surface area contributed by atoms with Crippen molar-refractivity contribution in [3.05, 3.63) is 22.2 Å². The molecule has 150 valence electrons. The van der Waals surface area contributed by atoms with Gasteiger partial charge in [-0.05, 0) is 43.9 Å². The van der Waals surface area contributed by atoms with Crippen molar-refractivity contribution in [1.82, 2.24) is 10.2 Å². The molecule has 0 bridgehead atoms. The monoisotopic (exact) mass is 442 g/mol. The van der Waals surface area contributed by atoms with Crippen LogP contribution in [-0.2, 0) is 16.0 Å². The molecular weight excluding hydrogens is 416 g/mol. The average molecular weight is 443 g/mol. The molecule has 7 nitrogen and oxygen atoms in total. The van der Waals surface area contributed by atoms with E-state index in [2.05, 4.69) is 21.2 Å². The largest absolute Gasteiger partial charge is 0.493 e. The predicted molar refractivity (Wildman–Crippen MR) is 105 cm³/mol. The van der Waals surface area contributed by atoms with Gasteiger partial charge in [-0.15, -0.1) is 0 Å². The Morgan fingerprint density at radius 3 is 2.41 bits per heavy atom. The topological polar surface area (TPSA) is 77.1 Å². The quantitative estimate of drug-likeness (QED) is 0.701. The number of hydrogen-bond acceptors (Lipinski definition) is 5. The standard InChI is InChI=1S/C19H27BrN2O5/c1-4-27-19(24)22-9-6-13(7-10-22)18(23)21-8-5-14-11-16(25-2)17(26-3)12-15(14)20/h11-13H,4-10H2,1-3H3,(H,21,23). The van der Waals surface area contributed by atoms with E-state index in [1.54, 1.807) is 26.0 Å². The fraction of sp³-hybridized carbons (Fsp3) is 0.579. The maximum Gasteiger partial charge on any atom is 0.409 e. The first-order valence-corrected chi connectivity index (χ1v) is 9.89. The van der Waals surface area contributed by atoms with Crippen molar-refractivity contribution in [1.29, 1.82) is 0 Å².